The lowest BCUT2D eigenvalue weighted by atomic mass is 10.1. The number of aromatic nitrogens is 1. The number of nitrogens with one attached hydrogen (secondary N) is 1. The van der Waals surface area contributed by atoms with Gasteiger partial charge in [0, 0.05) is 5.38 Å². The van der Waals surface area contributed by atoms with Crippen molar-refractivity contribution in [1.82, 2.24) is 4.98 Å². The average Bonchev–Trinajstić information content (AvgIpc) is 3.28. The maximum atomic E-state index is 12.7. The quantitative estimate of drug-likeness (QED) is 0.702. The highest BCUT2D eigenvalue weighted by molar-refractivity contribution is 7.14. The summed E-state index contributed by atoms with van der Waals surface area (Å²) >= 11 is 1.31. The summed E-state index contributed by atoms with van der Waals surface area (Å²) in [6.07, 6.45) is 0. The first-order valence-corrected chi connectivity index (χ1v) is 8.58. The van der Waals surface area contributed by atoms with Crippen molar-refractivity contribution in [1.29, 1.82) is 0 Å². The van der Waals surface area contributed by atoms with Crippen LogP contribution in [0, 0.1) is 6.92 Å². The van der Waals surface area contributed by atoms with Gasteiger partial charge in [-0.2, -0.15) is 0 Å². The maximum Gasteiger partial charge on any atom is 0.261 e. The Kier molecular flexibility index (Phi) is 5.13. The Labute approximate surface area is 154 Å². The molecule has 0 spiro atoms. The molecule has 3 rings (SSSR count). The zero-order valence-corrected chi connectivity index (χ0v) is 15.6. The molecule has 136 valence electrons. The van der Waals surface area contributed by atoms with Gasteiger partial charge in [-0.05, 0) is 31.2 Å². The normalized spacial score (nSPS) is 10.5. The van der Waals surface area contributed by atoms with Crippen molar-refractivity contribution >= 4 is 22.4 Å². The molecule has 2 aromatic heterocycles. The zero-order chi connectivity index (χ0) is 18.7. The second kappa shape index (κ2) is 7.49. The summed E-state index contributed by atoms with van der Waals surface area (Å²) in [5.41, 5.74) is 0.980. The summed E-state index contributed by atoms with van der Waals surface area (Å²) in [6, 6.07) is 6.96. The number of carbonyl (C=O) groups excluding carboxylic acids is 1. The second-order valence-electron chi connectivity index (χ2n) is 5.28. The molecule has 0 fully saturated rings. The van der Waals surface area contributed by atoms with Crippen LogP contribution in [-0.2, 0) is 0 Å². The molecular formula is C18H18N2O5S. The van der Waals surface area contributed by atoms with Gasteiger partial charge in [-0.3, -0.25) is 10.1 Å². The van der Waals surface area contributed by atoms with E-state index >= 15 is 0 Å². The van der Waals surface area contributed by atoms with Crippen LogP contribution >= 0.6 is 11.3 Å². The smallest absolute Gasteiger partial charge is 0.261 e. The van der Waals surface area contributed by atoms with E-state index in [4.69, 9.17) is 18.6 Å². The van der Waals surface area contributed by atoms with Crippen molar-refractivity contribution in [3.05, 3.63) is 41.0 Å². The average molecular weight is 374 g/mol. The third kappa shape index (κ3) is 3.36. The molecule has 2 heterocycles. The lowest BCUT2D eigenvalue weighted by molar-refractivity contribution is 0.102. The second-order valence-corrected chi connectivity index (χ2v) is 6.14. The standard InChI is InChI=1S/C18H18N2O5S/c1-10-5-7-13(25-10)12-9-26-18(19-12)20-17(21)11-6-8-14(22-2)16(24-4)15(11)23-3/h5-9H,1-4H3,(H,19,20,21). The van der Waals surface area contributed by atoms with Gasteiger partial charge in [0.05, 0.1) is 26.9 Å². The number of hydrogen-bond donors (Lipinski definition) is 1. The van der Waals surface area contributed by atoms with Crippen molar-refractivity contribution in [3.8, 4) is 28.7 Å². The molecule has 1 N–H and O–H groups in total. The van der Waals surface area contributed by atoms with E-state index in [-0.39, 0.29) is 5.91 Å². The van der Waals surface area contributed by atoms with E-state index in [0.717, 1.165) is 5.76 Å². The molecule has 0 aliphatic carbocycles. The molecular weight excluding hydrogens is 356 g/mol. The lowest BCUT2D eigenvalue weighted by Gasteiger charge is -2.15. The van der Waals surface area contributed by atoms with Crippen molar-refractivity contribution in [3.63, 3.8) is 0 Å². The van der Waals surface area contributed by atoms with Gasteiger partial charge < -0.3 is 18.6 Å². The zero-order valence-electron chi connectivity index (χ0n) is 14.8. The van der Waals surface area contributed by atoms with Gasteiger partial charge in [0.1, 0.15) is 11.5 Å². The number of furan rings is 1. The molecule has 0 aliphatic heterocycles. The lowest BCUT2D eigenvalue weighted by Crippen LogP contribution is -2.13. The Morgan fingerprint density at radius 3 is 2.46 bits per heavy atom. The predicted octanol–water partition coefficient (Wildman–Crippen LogP) is 3.99. The van der Waals surface area contributed by atoms with Gasteiger partial charge in [0.15, 0.2) is 22.4 Å². The Balaban J connectivity index is 1.86. The van der Waals surface area contributed by atoms with Crippen molar-refractivity contribution in [2.24, 2.45) is 0 Å². The summed E-state index contributed by atoms with van der Waals surface area (Å²) in [7, 11) is 4.47. The molecule has 0 radical (unpaired) electrons. The number of amides is 1. The SMILES string of the molecule is COc1ccc(C(=O)Nc2nc(-c3ccc(C)o3)cs2)c(OC)c1OC. The van der Waals surface area contributed by atoms with E-state index in [1.54, 1.807) is 12.1 Å². The fraction of sp³-hybridized carbons (Fsp3) is 0.222. The molecule has 0 bridgehead atoms. The summed E-state index contributed by atoms with van der Waals surface area (Å²) in [5, 5.41) is 5.04. The third-order valence-corrected chi connectivity index (χ3v) is 4.42. The van der Waals surface area contributed by atoms with E-state index in [2.05, 4.69) is 10.3 Å². The predicted molar refractivity (Wildman–Crippen MR) is 98.6 cm³/mol. The minimum Gasteiger partial charge on any atom is -0.493 e. The highest BCUT2D eigenvalue weighted by atomic mass is 32.1. The van der Waals surface area contributed by atoms with Crippen molar-refractivity contribution in [2.45, 2.75) is 6.92 Å². The fourth-order valence-corrected chi connectivity index (χ4v) is 3.16. The van der Waals surface area contributed by atoms with E-state index in [0.29, 0.717) is 39.4 Å². The van der Waals surface area contributed by atoms with Crippen LogP contribution in [0.15, 0.2) is 34.1 Å². The van der Waals surface area contributed by atoms with Crippen LogP contribution in [0.4, 0.5) is 5.13 Å². The molecule has 0 unspecified atom stereocenters. The Morgan fingerprint density at radius 1 is 1.08 bits per heavy atom. The molecule has 26 heavy (non-hydrogen) atoms. The first-order chi connectivity index (χ1) is 12.6. The molecule has 8 heteroatoms. The van der Waals surface area contributed by atoms with E-state index in [1.807, 2.05) is 24.4 Å². The number of methoxy groups -OCH3 is 3. The Morgan fingerprint density at radius 2 is 1.85 bits per heavy atom. The number of hydrogen-bond acceptors (Lipinski definition) is 7. The van der Waals surface area contributed by atoms with E-state index in [1.165, 1.54) is 32.7 Å². The molecule has 0 saturated heterocycles. The molecule has 1 aromatic carbocycles. The Bertz CT molecular complexity index is 932. The summed E-state index contributed by atoms with van der Waals surface area (Å²) < 4.78 is 21.4. The fourth-order valence-electron chi connectivity index (χ4n) is 2.46. The number of ether oxygens (including phenoxy) is 3. The molecule has 1 amide bonds. The number of aryl methyl sites for hydroxylation is 1. The highest BCUT2D eigenvalue weighted by Crippen LogP contribution is 2.40. The van der Waals surface area contributed by atoms with Crippen LogP contribution in [0.1, 0.15) is 16.1 Å². The van der Waals surface area contributed by atoms with Crippen LogP contribution in [-0.4, -0.2) is 32.2 Å². The first-order valence-electron chi connectivity index (χ1n) is 7.70. The van der Waals surface area contributed by atoms with Gasteiger partial charge in [-0.1, -0.05) is 0 Å². The number of carbonyl (C=O) groups is 1. The maximum absolute atomic E-state index is 12.7. The van der Waals surface area contributed by atoms with Crippen LogP contribution < -0.4 is 19.5 Å². The molecule has 0 atom stereocenters. The number of thiazole rings is 1. The van der Waals surface area contributed by atoms with Crippen LogP contribution in [0.3, 0.4) is 0 Å². The van der Waals surface area contributed by atoms with Gasteiger partial charge in [0.25, 0.3) is 5.91 Å². The molecule has 7 nitrogen and oxygen atoms in total. The van der Waals surface area contributed by atoms with Gasteiger partial charge in [-0.15, -0.1) is 11.3 Å². The largest absolute Gasteiger partial charge is 0.493 e. The third-order valence-electron chi connectivity index (χ3n) is 3.67. The van der Waals surface area contributed by atoms with E-state index in [9.17, 15) is 4.79 Å². The minimum atomic E-state index is -0.362. The minimum absolute atomic E-state index is 0.294. The van der Waals surface area contributed by atoms with Gasteiger partial charge >= 0.3 is 0 Å². The molecule has 0 aliphatic rings. The topological polar surface area (TPSA) is 82.8 Å². The monoisotopic (exact) mass is 374 g/mol. The number of benzene rings is 1. The first kappa shape index (κ1) is 17.8. The Hall–Kier alpha value is -3.00. The number of rotatable bonds is 6. The van der Waals surface area contributed by atoms with Gasteiger partial charge in [0.2, 0.25) is 5.75 Å². The van der Waals surface area contributed by atoms with Crippen LogP contribution in [0.2, 0.25) is 0 Å². The van der Waals surface area contributed by atoms with Crippen molar-refractivity contribution in [2.75, 3.05) is 26.6 Å². The van der Waals surface area contributed by atoms with E-state index < -0.39 is 0 Å². The summed E-state index contributed by atoms with van der Waals surface area (Å²) in [4.78, 5) is 17.1. The van der Waals surface area contributed by atoms with Crippen LogP contribution in [0.25, 0.3) is 11.5 Å². The summed E-state index contributed by atoms with van der Waals surface area (Å²) in [5.74, 6) is 2.22. The molecule has 0 saturated carbocycles. The number of nitrogens with zero attached hydrogens (tertiary/aromatic N) is 1. The van der Waals surface area contributed by atoms with Crippen LogP contribution in [0.5, 0.6) is 17.2 Å². The van der Waals surface area contributed by atoms with Crippen molar-refractivity contribution < 1.29 is 23.4 Å². The molecule has 3 aromatic rings. The number of anilines is 1. The highest BCUT2D eigenvalue weighted by Gasteiger charge is 2.21. The summed E-state index contributed by atoms with van der Waals surface area (Å²) in [6.45, 7) is 1.86. The van der Waals surface area contributed by atoms with Gasteiger partial charge in [-0.25, -0.2) is 4.98 Å².